The number of sulfonamides is 1. The van der Waals surface area contributed by atoms with E-state index in [0.29, 0.717) is 22.6 Å². The number of hydrogen-bond donors (Lipinski definition) is 5. The minimum Gasteiger partial charge on any atom is -0.506 e. The molecule has 3 aromatic carbocycles. The molecule has 0 unspecified atom stereocenters. The Morgan fingerprint density at radius 3 is 2.31 bits per heavy atom. The summed E-state index contributed by atoms with van der Waals surface area (Å²) in [6.07, 6.45) is -0.152. The molecule has 2 atom stereocenters. The van der Waals surface area contributed by atoms with Gasteiger partial charge in [-0.25, -0.2) is 8.42 Å². The van der Waals surface area contributed by atoms with E-state index in [9.17, 15) is 23.4 Å². The van der Waals surface area contributed by atoms with E-state index in [1.165, 1.54) is 18.2 Å². The summed E-state index contributed by atoms with van der Waals surface area (Å²) in [5.41, 5.74) is 0.317. The Balaban J connectivity index is 1.86. The zero-order valence-corrected chi connectivity index (χ0v) is 20.5. The van der Waals surface area contributed by atoms with Gasteiger partial charge in [-0.05, 0) is 54.4 Å². The van der Waals surface area contributed by atoms with E-state index < -0.39 is 21.7 Å². The summed E-state index contributed by atoms with van der Waals surface area (Å²) in [7, 11) is -2.08. The Bertz CT molecular complexity index is 1270. The van der Waals surface area contributed by atoms with Crippen molar-refractivity contribution in [2.24, 2.45) is 0 Å². The number of carbonyl (C=O) groups excluding carboxylic acids is 1. The van der Waals surface area contributed by atoms with Crippen LogP contribution in [0.3, 0.4) is 0 Å². The first-order valence-corrected chi connectivity index (χ1v) is 12.7. The quantitative estimate of drug-likeness (QED) is 0.271. The number of aliphatic hydroxyl groups is 1. The highest BCUT2D eigenvalue weighted by atomic mass is 32.2. The van der Waals surface area contributed by atoms with Gasteiger partial charge in [-0.2, -0.15) is 0 Å². The van der Waals surface area contributed by atoms with Crippen LogP contribution < -0.4 is 20.1 Å². The summed E-state index contributed by atoms with van der Waals surface area (Å²) in [6, 6.07) is 20.1. The van der Waals surface area contributed by atoms with Gasteiger partial charge in [0.2, 0.25) is 15.9 Å². The molecule has 0 saturated carbocycles. The largest absolute Gasteiger partial charge is 0.506 e. The average molecular weight is 500 g/mol. The zero-order valence-electron chi connectivity index (χ0n) is 19.6. The second-order valence-electron chi connectivity index (χ2n) is 8.22. The van der Waals surface area contributed by atoms with Crippen LogP contribution >= 0.6 is 0 Å². The fourth-order valence-corrected chi connectivity index (χ4v) is 4.04. The lowest BCUT2D eigenvalue weighted by Gasteiger charge is -2.31. The van der Waals surface area contributed by atoms with Gasteiger partial charge >= 0.3 is 0 Å². The highest BCUT2D eigenvalue weighted by Gasteiger charge is 2.35. The van der Waals surface area contributed by atoms with Gasteiger partial charge in [0.25, 0.3) is 0 Å². The van der Waals surface area contributed by atoms with Crippen LogP contribution in [0.15, 0.2) is 72.8 Å². The van der Waals surface area contributed by atoms with E-state index in [1.807, 2.05) is 18.2 Å². The van der Waals surface area contributed by atoms with Crippen LogP contribution in [-0.2, 0) is 20.4 Å². The topological polar surface area (TPSA) is 137 Å². The second-order valence-corrected chi connectivity index (χ2v) is 9.97. The maximum atomic E-state index is 13.4. The smallest absolute Gasteiger partial charge is 0.249 e. The van der Waals surface area contributed by atoms with Gasteiger partial charge in [0.1, 0.15) is 17.0 Å². The van der Waals surface area contributed by atoms with Gasteiger partial charge in [-0.3, -0.25) is 14.8 Å². The van der Waals surface area contributed by atoms with Crippen LogP contribution in [0.5, 0.6) is 11.5 Å². The minimum atomic E-state index is -3.63. The molecule has 186 valence electrons. The highest BCUT2D eigenvalue weighted by molar-refractivity contribution is 7.92. The molecule has 1 amide bonds. The molecule has 3 aromatic rings. The Morgan fingerprint density at radius 2 is 1.71 bits per heavy atom. The molecular formula is C25H29N3O6S. The van der Waals surface area contributed by atoms with Crippen molar-refractivity contribution in [3.8, 4) is 11.5 Å². The van der Waals surface area contributed by atoms with Crippen LogP contribution in [0.2, 0.25) is 0 Å². The summed E-state index contributed by atoms with van der Waals surface area (Å²) in [5.74, 6) is 0.0189. The fourth-order valence-electron chi connectivity index (χ4n) is 3.48. The molecule has 0 aliphatic carbocycles. The lowest BCUT2D eigenvalue weighted by atomic mass is 9.90. The lowest BCUT2D eigenvalue weighted by molar-refractivity contribution is -0.122. The van der Waals surface area contributed by atoms with Gasteiger partial charge in [0.05, 0.1) is 25.2 Å². The number of carbonyl (C=O) groups is 1. The van der Waals surface area contributed by atoms with Crippen LogP contribution in [0.4, 0.5) is 11.4 Å². The third-order valence-corrected chi connectivity index (χ3v) is 6.09. The molecule has 0 aliphatic heterocycles. The van der Waals surface area contributed by atoms with Gasteiger partial charge < -0.3 is 20.3 Å². The van der Waals surface area contributed by atoms with Crippen molar-refractivity contribution in [2.75, 3.05) is 29.9 Å². The molecule has 35 heavy (non-hydrogen) atoms. The number of anilines is 2. The first kappa shape index (κ1) is 26.0. The third-order valence-electron chi connectivity index (χ3n) is 5.50. The van der Waals surface area contributed by atoms with E-state index in [-0.39, 0.29) is 23.9 Å². The summed E-state index contributed by atoms with van der Waals surface area (Å²) >= 11 is 0. The van der Waals surface area contributed by atoms with Crippen molar-refractivity contribution in [1.82, 2.24) is 5.32 Å². The van der Waals surface area contributed by atoms with Crippen molar-refractivity contribution < 1.29 is 28.2 Å². The maximum Gasteiger partial charge on any atom is 0.249 e. The summed E-state index contributed by atoms with van der Waals surface area (Å²) in [4.78, 5) is 13.4. The Labute approximate surface area is 204 Å². The number of rotatable bonds is 10. The molecule has 0 aromatic heterocycles. The number of phenolic OH excluding ortho intramolecular Hbond substituents is 1. The van der Waals surface area contributed by atoms with E-state index in [2.05, 4.69) is 15.4 Å². The summed E-state index contributed by atoms with van der Waals surface area (Å²) < 4.78 is 30.6. The second kappa shape index (κ2) is 10.8. The molecule has 5 N–H and O–H groups in total. The van der Waals surface area contributed by atoms with Crippen molar-refractivity contribution in [2.45, 2.75) is 18.6 Å². The fraction of sp³-hybridized carbons (Fsp3) is 0.240. The monoisotopic (exact) mass is 499 g/mol. The maximum absolute atomic E-state index is 13.4. The molecule has 10 heteroatoms. The van der Waals surface area contributed by atoms with Crippen molar-refractivity contribution >= 4 is 27.3 Å². The number of methoxy groups -OCH3 is 1. The Morgan fingerprint density at radius 1 is 1.06 bits per heavy atom. The van der Waals surface area contributed by atoms with Crippen LogP contribution in [-0.4, -0.2) is 44.4 Å². The van der Waals surface area contributed by atoms with Crippen molar-refractivity contribution in [3.63, 3.8) is 0 Å². The number of ether oxygens (including phenoxy) is 1. The normalized spacial score (nSPS) is 13.9. The van der Waals surface area contributed by atoms with Gasteiger partial charge in [-0.15, -0.1) is 0 Å². The predicted molar refractivity (Wildman–Crippen MR) is 135 cm³/mol. The number of aliphatic hydroxyl groups excluding tert-OH is 1. The SMILES string of the molecule is COc1ccc([C@@](C)(NC[C@@H](O)c2ccc(O)c(NS(C)(=O)=O)c2)C(=O)Nc2ccccc2)cc1. The number of nitrogens with one attached hydrogen (secondary N) is 3. The molecule has 0 aliphatic rings. The summed E-state index contributed by atoms with van der Waals surface area (Å²) in [6.45, 7) is 1.65. The lowest BCUT2D eigenvalue weighted by Crippen LogP contribution is -2.50. The molecule has 0 spiro atoms. The number of phenols is 1. The first-order valence-electron chi connectivity index (χ1n) is 10.8. The molecule has 0 heterocycles. The number of aromatic hydroxyl groups is 1. The van der Waals surface area contributed by atoms with Gasteiger partial charge in [0.15, 0.2) is 0 Å². The molecule has 0 saturated heterocycles. The van der Waals surface area contributed by atoms with Gasteiger partial charge in [-0.1, -0.05) is 36.4 Å². The highest BCUT2D eigenvalue weighted by Crippen LogP contribution is 2.29. The number of amides is 1. The zero-order chi connectivity index (χ0) is 25.6. The Kier molecular flexibility index (Phi) is 8.00. The average Bonchev–Trinajstić information content (AvgIpc) is 2.83. The summed E-state index contributed by atoms with van der Waals surface area (Å²) in [5, 5.41) is 26.8. The molecule has 0 bridgehead atoms. The molecule has 0 radical (unpaired) electrons. The van der Waals surface area contributed by atoms with Crippen molar-refractivity contribution in [1.29, 1.82) is 0 Å². The molecule has 3 rings (SSSR count). The van der Waals surface area contributed by atoms with E-state index in [0.717, 1.165) is 6.26 Å². The number of para-hydroxylation sites is 1. The standard InChI is InChI=1S/C25H29N3O6S/c1-25(18-10-12-20(34-2)13-11-18,24(31)27-19-7-5-4-6-8-19)26-16-23(30)17-9-14-22(29)21(15-17)28-35(3,32)33/h4-15,23,26,28-30H,16H2,1-3H3,(H,27,31)/t23-,25-/m1/s1. The van der Waals surface area contributed by atoms with Crippen molar-refractivity contribution in [3.05, 3.63) is 83.9 Å². The van der Waals surface area contributed by atoms with Crippen LogP contribution in [0.1, 0.15) is 24.2 Å². The predicted octanol–water partition coefficient (Wildman–Crippen LogP) is 2.95. The van der Waals surface area contributed by atoms with Crippen LogP contribution in [0, 0.1) is 0 Å². The minimum absolute atomic E-state index is 0.0478. The van der Waals surface area contributed by atoms with Gasteiger partial charge in [0, 0.05) is 12.2 Å². The number of benzene rings is 3. The van der Waals surface area contributed by atoms with E-state index in [1.54, 1.807) is 50.4 Å². The Hall–Kier alpha value is -3.60. The molecule has 0 fully saturated rings. The number of hydrogen-bond acceptors (Lipinski definition) is 7. The first-order chi connectivity index (χ1) is 16.5. The third kappa shape index (κ3) is 6.72. The van der Waals surface area contributed by atoms with E-state index in [4.69, 9.17) is 4.74 Å². The molecule has 9 nitrogen and oxygen atoms in total. The van der Waals surface area contributed by atoms with E-state index >= 15 is 0 Å². The van der Waals surface area contributed by atoms with Crippen LogP contribution in [0.25, 0.3) is 0 Å². The molecular weight excluding hydrogens is 470 g/mol.